The van der Waals surface area contributed by atoms with Crippen molar-refractivity contribution < 1.29 is 9.18 Å². The molecule has 3 aromatic heterocycles. The first-order chi connectivity index (χ1) is 15.8. The number of aryl methyl sites for hydroxylation is 2. The second-order valence-corrected chi connectivity index (χ2v) is 8.86. The molecule has 0 aliphatic carbocycles. The molecule has 9 heteroatoms. The van der Waals surface area contributed by atoms with Crippen LogP contribution in [-0.2, 0) is 0 Å². The van der Waals surface area contributed by atoms with E-state index in [4.69, 9.17) is 4.98 Å². The fourth-order valence-corrected chi connectivity index (χ4v) is 4.58. The summed E-state index contributed by atoms with van der Waals surface area (Å²) >= 11 is 0. The number of nitrogens with one attached hydrogen (secondary N) is 2. The van der Waals surface area contributed by atoms with Gasteiger partial charge < -0.3 is 19.9 Å². The van der Waals surface area contributed by atoms with Crippen molar-refractivity contribution in [3.8, 4) is 0 Å². The summed E-state index contributed by atoms with van der Waals surface area (Å²) in [4.78, 5) is 28.9. The third-order valence-corrected chi connectivity index (χ3v) is 5.83. The summed E-state index contributed by atoms with van der Waals surface area (Å²) in [6.07, 6.45) is 5.01. The largest absolute Gasteiger partial charge is 0.367 e. The normalized spacial score (nSPS) is 18.8. The molecule has 0 radical (unpaired) electrons. The van der Waals surface area contributed by atoms with Gasteiger partial charge in [0.2, 0.25) is 0 Å². The van der Waals surface area contributed by atoms with Crippen molar-refractivity contribution in [2.45, 2.75) is 39.8 Å². The molecule has 4 heterocycles. The van der Waals surface area contributed by atoms with E-state index in [0.717, 1.165) is 24.5 Å². The van der Waals surface area contributed by atoms with Gasteiger partial charge in [-0.15, -0.1) is 0 Å². The maximum Gasteiger partial charge on any atom is 0.257 e. The van der Waals surface area contributed by atoms with E-state index in [0.29, 0.717) is 40.1 Å². The molecule has 170 valence electrons. The summed E-state index contributed by atoms with van der Waals surface area (Å²) in [5.74, 6) is -0.874. The lowest BCUT2D eigenvalue weighted by Gasteiger charge is -2.38. The third kappa shape index (κ3) is 4.00. The van der Waals surface area contributed by atoms with Gasteiger partial charge in [-0.25, -0.2) is 14.4 Å². The van der Waals surface area contributed by atoms with Gasteiger partial charge in [-0.3, -0.25) is 9.78 Å². The smallest absolute Gasteiger partial charge is 0.257 e. The standard InChI is InChI=1S/C24H26FN7O/c1-13-8-26-21-18(5-6-20(22(21)28-13)31-9-14(2)27-15(3)10-31)24(33)30-17-7-19(25)23-29-16(4)11-32(23)12-17/h5-8,11-12,14-15,27H,9-10H2,1-4H3,(H,30,33). The van der Waals surface area contributed by atoms with Crippen LogP contribution in [0.5, 0.6) is 0 Å². The molecule has 0 spiro atoms. The minimum absolute atomic E-state index is 0.223. The number of hydrogen-bond donors (Lipinski definition) is 2. The number of imidazole rings is 1. The number of aromatic nitrogens is 4. The highest BCUT2D eigenvalue weighted by molar-refractivity contribution is 6.13. The van der Waals surface area contributed by atoms with Crippen molar-refractivity contribution in [3.05, 3.63) is 59.6 Å². The van der Waals surface area contributed by atoms with Crippen molar-refractivity contribution >= 4 is 34.0 Å². The summed E-state index contributed by atoms with van der Waals surface area (Å²) < 4.78 is 16.0. The van der Waals surface area contributed by atoms with Crippen molar-refractivity contribution in [2.24, 2.45) is 0 Å². The molecule has 1 amide bonds. The zero-order chi connectivity index (χ0) is 23.3. The van der Waals surface area contributed by atoms with Crippen LogP contribution in [-0.4, -0.2) is 50.4 Å². The lowest BCUT2D eigenvalue weighted by molar-refractivity contribution is 0.102. The average Bonchev–Trinajstić information content (AvgIpc) is 3.12. The molecular formula is C24H26FN7O. The number of halogens is 1. The van der Waals surface area contributed by atoms with Crippen molar-refractivity contribution in [2.75, 3.05) is 23.3 Å². The first-order valence-electron chi connectivity index (χ1n) is 11.0. The lowest BCUT2D eigenvalue weighted by atomic mass is 10.1. The summed E-state index contributed by atoms with van der Waals surface area (Å²) in [5.41, 5.74) is 4.59. The average molecular weight is 448 g/mol. The van der Waals surface area contributed by atoms with Crippen LogP contribution >= 0.6 is 0 Å². The monoisotopic (exact) mass is 447 g/mol. The van der Waals surface area contributed by atoms with Gasteiger partial charge in [0.1, 0.15) is 11.0 Å². The first kappa shape index (κ1) is 21.3. The van der Waals surface area contributed by atoms with E-state index in [2.05, 4.69) is 39.3 Å². The van der Waals surface area contributed by atoms with Crippen LogP contribution in [0.25, 0.3) is 16.7 Å². The van der Waals surface area contributed by atoms with Crippen LogP contribution in [0.4, 0.5) is 15.8 Å². The van der Waals surface area contributed by atoms with Gasteiger partial charge in [0, 0.05) is 49.8 Å². The Hall–Kier alpha value is -3.59. The number of nitrogens with zero attached hydrogens (tertiary/aromatic N) is 5. The molecule has 4 aromatic rings. The second-order valence-electron chi connectivity index (χ2n) is 8.86. The number of piperazine rings is 1. The fraction of sp³-hybridized carbons (Fsp3) is 0.333. The molecule has 0 saturated carbocycles. The fourth-order valence-electron chi connectivity index (χ4n) is 4.58. The van der Waals surface area contributed by atoms with E-state index in [1.807, 2.05) is 13.0 Å². The van der Waals surface area contributed by atoms with E-state index < -0.39 is 5.82 Å². The van der Waals surface area contributed by atoms with Gasteiger partial charge in [-0.1, -0.05) is 0 Å². The topological polar surface area (TPSA) is 87.5 Å². The highest BCUT2D eigenvalue weighted by Gasteiger charge is 2.25. The molecule has 33 heavy (non-hydrogen) atoms. The first-order valence-corrected chi connectivity index (χ1v) is 11.0. The Balaban J connectivity index is 1.53. The molecule has 1 aliphatic heterocycles. The summed E-state index contributed by atoms with van der Waals surface area (Å²) in [6, 6.07) is 5.64. The zero-order valence-corrected chi connectivity index (χ0v) is 19.1. The lowest BCUT2D eigenvalue weighted by Crippen LogP contribution is -2.54. The van der Waals surface area contributed by atoms with Crippen LogP contribution in [0, 0.1) is 19.7 Å². The molecule has 2 unspecified atom stereocenters. The van der Waals surface area contributed by atoms with E-state index in [1.54, 1.807) is 36.0 Å². The highest BCUT2D eigenvalue weighted by Crippen LogP contribution is 2.29. The van der Waals surface area contributed by atoms with Gasteiger partial charge in [0.15, 0.2) is 11.5 Å². The minimum Gasteiger partial charge on any atom is -0.367 e. The van der Waals surface area contributed by atoms with Gasteiger partial charge in [-0.2, -0.15) is 0 Å². The molecule has 2 N–H and O–H groups in total. The summed E-state index contributed by atoms with van der Waals surface area (Å²) in [6.45, 7) is 9.66. The van der Waals surface area contributed by atoms with Gasteiger partial charge in [0.25, 0.3) is 5.91 Å². The number of carbonyl (C=O) groups excluding carboxylic acids is 1. The number of fused-ring (bicyclic) bond motifs is 2. The van der Waals surface area contributed by atoms with E-state index >= 15 is 0 Å². The predicted octanol–water partition coefficient (Wildman–Crippen LogP) is 3.47. The van der Waals surface area contributed by atoms with Gasteiger partial charge in [0.05, 0.1) is 28.3 Å². The van der Waals surface area contributed by atoms with Crippen molar-refractivity contribution in [3.63, 3.8) is 0 Å². The Labute approximate surface area is 190 Å². The van der Waals surface area contributed by atoms with Crippen LogP contribution in [0.1, 0.15) is 35.6 Å². The van der Waals surface area contributed by atoms with Crippen LogP contribution < -0.4 is 15.5 Å². The molecule has 8 nitrogen and oxygen atoms in total. The maximum atomic E-state index is 14.5. The molecule has 2 atom stereocenters. The minimum atomic E-state index is -0.501. The number of rotatable bonds is 3. The quantitative estimate of drug-likeness (QED) is 0.500. The number of benzene rings is 1. The van der Waals surface area contributed by atoms with E-state index in [-0.39, 0.29) is 11.6 Å². The molecule has 1 saturated heterocycles. The molecule has 1 fully saturated rings. The Morgan fingerprint density at radius 1 is 1.09 bits per heavy atom. The number of pyridine rings is 1. The van der Waals surface area contributed by atoms with E-state index in [1.165, 1.54) is 6.07 Å². The molecule has 1 aromatic carbocycles. The Morgan fingerprint density at radius 2 is 1.85 bits per heavy atom. The number of carbonyl (C=O) groups is 1. The zero-order valence-electron chi connectivity index (χ0n) is 19.1. The number of anilines is 2. The SMILES string of the molecule is Cc1cnc2c(C(=O)Nc3cc(F)c4nc(C)cn4c3)ccc(N3CC(C)NC(C)C3)c2n1. The Morgan fingerprint density at radius 3 is 2.61 bits per heavy atom. The Kier molecular flexibility index (Phi) is 5.20. The second kappa shape index (κ2) is 8.08. The molecule has 1 aliphatic rings. The number of hydrogen-bond acceptors (Lipinski definition) is 6. The molecule has 0 bridgehead atoms. The Bertz CT molecular complexity index is 1370. The predicted molar refractivity (Wildman–Crippen MR) is 126 cm³/mol. The van der Waals surface area contributed by atoms with Crippen molar-refractivity contribution in [1.29, 1.82) is 0 Å². The third-order valence-electron chi connectivity index (χ3n) is 5.83. The van der Waals surface area contributed by atoms with Gasteiger partial charge in [-0.05, 0) is 39.8 Å². The van der Waals surface area contributed by atoms with Crippen LogP contribution in [0.15, 0.2) is 36.8 Å². The number of amides is 1. The van der Waals surface area contributed by atoms with E-state index in [9.17, 15) is 9.18 Å². The maximum absolute atomic E-state index is 14.5. The van der Waals surface area contributed by atoms with Crippen LogP contribution in [0.3, 0.4) is 0 Å². The van der Waals surface area contributed by atoms with Crippen molar-refractivity contribution in [1.82, 2.24) is 24.7 Å². The van der Waals surface area contributed by atoms with Gasteiger partial charge >= 0.3 is 0 Å². The summed E-state index contributed by atoms with van der Waals surface area (Å²) in [5, 5.41) is 6.34. The molecular weight excluding hydrogens is 421 g/mol. The molecule has 5 rings (SSSR count). The highest BCUT2D eigenvalue weighted by atomic mass is 19.1. The summed E-state index contributed by atoms with van der Waals surface area (Å²) in [7, 11) is 0. The van der Waals surface area contributed by atoms with Crippen LogP contribution in [0.2, 0.25) is 0 Å².